The molecule has 0 unspecified atom stereocenters. The topological polar surface area (TPSA) is 75.6 Å². The number of aliphatic carboxylic acids is 1. The number of nitrogens with one attached hydrogen (secondary N) is 1. The van der Waals surface area contributed by atoms with Crippen LogP contribution in [-0.2, 0) is 4.79 Å². The number of carboxylic acids is 1. The fourth-order valence-electron chi connectivity index (χ4n) is 2.41. The summed E-state index contributed by atoms with van der Waals surface area (Å²) in [7, 11) is 0. The molecule has 1 fully saturated rings. The molecule has 1 aliphatic rings. The summed E-state index contributed by atoms with van der Waals surface area (Å²) in [5, 5.41) is 11.3. The molecule has 1 aliphatic carbocycles. The molecular weight excluding hydrogens is 302 g/mol. The molecule has 0 radical (unpaired) electrons. The third kappa shape index (κ3) is 5.60. The van der Waals surface area contributed by atoms with E-state index in [9.17, 15) is 9.59 Å². The smallest absolute Gasteiger partial charge is 0.313 e. The van der Waals surface area contributed by atoms with E-state index in [0.29, 0.717) is 17.9 Å². The Morgan fingerprint density at radius 3 is 2.82 bits per heavy atom. The number of rotatable bonds is 8. The fraction of sp³-hybridized carbons (Fsp3) is 0.500. The molecule has 22 heavy (non-hydrogen) atoms. The van der Waals surface area contributed by atoms with Crippen molar-refractivity contribution in [2.24, 2.45) is 0 Å². The first-order valence-corrected chi connectivity index (χ1v) is 8.65. The third-order valence-corrected chi connectivity index (χ3v) is 4.40. The van der Waals surface area contributed by atoms with Gasteiger partial charge in [0.25, 0.3) is 5.91 Å². The highest BCUT2D eigenvalue weighted by Crippen LogP contribution is 2.24. The number of thioether (sulfide) groups is 1. The standard InChI is InChI=1S/C16H21NO4S/c18-15(19)11-22-9-8-17-16(20)12-4-3-7-14(10-12)21-13-5-1-2-6-13/h3-4,7,10,13H,1-2,5-6,8-9,11H2,(H,17,20)(H,18,19). The summed E-state index contributed by atoms with van der Waals surface area (Å²) in [6.45, 7) is 0.449. The van der Waals surface area contributed by atoms with Gasteiger partial charge < -0.3 is 15.2 Å². The van der Waals surface area contributed by atoms with Crippen LogP contribution in [0.5, 0.6) is 5.75 Å². The predicted octanol–water partition coefficient (Wildman–Crippen LogP) is 2.56. The molecular formula is C16H21NO4S. The fourth-order valence-corrected chi connectivity index (χ4v) is 2.97. The molecule has 0 atom stereocenters. The monoisotopic (exact) mass is 323 g/mol. The Bertz CT molecular complexity index is 515. The Hall–Kier alpha value is -1.69. The first kappa shape index (κ1) is 16.7. The van der Waals surface area contributed by atoms with E-state index in [1.54, 1.807) is 12.1 Å². The van der Waals surface area contributed by atoms with Gasteiger partial charge in [0, 0.05) is 17.9 Å². The second-order valence-electron chi connectivity index (χ2n) is 5.25. The first-order chi connectivity index (χ1) is 10.6. The lowest BCUT2D eigenvalue weighted by atomic mass is 10.2. The Morgan fingerprint density at radius 1 is 1.32 bits per heavy atom. The minimum atomic E-state index is -0.840. The Kier molecular flexibility index (Phi) is 6.58. The van der Waals surface area contributed by atoms with Crippen LogP contribution in [0, 0.1) is 0 Å². The number of carboxylic acid groups (broad SMARTS) is 1. The average Bonchev–Trinajstić information content (AvgIpc) is 2.99. The van der Waals surface area contributed by atoms with E-state index in [2.05, 4.69) is 5.32 Å². The first-order valence-electron chi connectivity index (χ1n) is 7.49. The minimum absolute atomic E-state index is 0.0561. The van der Waals surface area contributed by atoms with Gasteiger partial charge in [-0.25, -0.2) is 0 Å². The molecule has 0 heterocycles. The van der Waals surface area contributed by atoms with Crippen molar-refractivity contribution in [3.8, 4) is 5.75 Å². The largest absolute Gasteiger partial charge is 0.490 e. The van der Waals surface area contributed by atoms with Crippen molar-refractivity contribution in [3.63, 3.8) is 0 Å². The molecule has 1 saturated carbocycles. The van der Waals surface area contributed by atoms with Gasteiger partial charge in [0.1, 0.15) is 5.75 Å². The maximum atomic E-state index is 12.0. The Morgan fingerprint density at radius 2 is 2.09 bits per heavy atom. The lowest BCUT2D eigenvalue weighted by molar-refractivity contribution is -0.133. The zero-order valence-electron chi connectivity index (χ0n) is 12.4. The SMILES string of the molecule is O=C(O)CSCCNC(=O)c1cccc(OC2CCCC2)c1. The molecule has 0 saturated heterocycles. The van der Waals surface area contributed by atoms with Gasteiger partial charge in [-0.1, -0.05) is 6.07 Å². The van der Waals surface area contributed by atoms with Gasteiger partial charge in [-0.15, -0.1) is 11.8 Å². The number of carbonyl (C=O) groups is 2. The number of benzene rings is 1. The van der Waals surface area contributed by atoms with E-state index in [1.807, 2.05) is 12.1 Å². The molecule has 5 nitrogen and oxygen atoms in total. The lowest BCUT2D eigenvalue weighted by Gasteiger charge is -2.13. The summed E-state index contributed by atoms with van der Waals surface area (Å²) >= 11 is 1.28. The van der Waals surface area contributed by atoms with Crippen LogP contribution in [0.25, 0.3) is 0 Å². The molecule has 1 aromatic carbocycles. The maximum Gasteiger partial charge on any atom is 0.313 e. The van der Waals surface area contributed by atoms with Crippen molar-refractivity contribution in [2.45, 2.75) is 31.8 Å². The molecule has 2 N–H and O–H groups in total. The van der Waals surface area contributed by atoms with Crippen LogP contribution in [-0.4, -0.2) is 41.1 Å². The molecule has 120 valence electrons. The number of ether oxygens (including phenoxy) is 1. The normalized spacial score (nSPS) is 14.7. The summed E-state index contributed by atoms with van der Waals surface area (Å²) in [4.78, 5) is 22.4. The zero-order chi connectivity index (χ0) is 15.8. The summed E-state index contributed by atoms with van der Waals surface area (Å²) in [6, 6.07) is 7.20. The number of carbonyl (C=O) groups excluding carboxylic acids is 1. The Labute approximate surface area is 134 Å². The molecule has 0 aromatic heterocycles. The highest BCUT2D eigenvalue weighted by Gasteiger charge is 2.17. The van der Waals surface area contributed by atoms with E-state index in [0.717, 1.165) is 18.6 Å². The van der Waals surface area contributed by atoms with Crippen molar-refractivity contribution < 1.29 is 19.4 Å². The zero-order valence-corrected chi connectivity index (χ0v) is 13.2. The number of hydrogen-bond acceptors (Lipinski definition) is 4. The van der Waals surface area contributed by atoms with Crippen molar-refractivity contribution >= 4 is 23.6 Å². The van der Waals surface area contributed by atoms with Crippen LogP contribution < -0.4 is 10.1 Å². The Balaban J connectivity index is 1.78. The number of hydrogen-bond donors (Lipinski definition) is 2. The molecule has 2 rings (SSSR count). The van der Waals surface area contributed by atoms with Crippen LogP contribution in [0.2, 0.25) is 0 Å². The summed E-state index contributed by atoms with van der Waals surface area (Å²) in [6.07, 6.45) is 4.84. The predicted molar refractivity (Wildman–Crippen MR) is 86.6 cm³/mol. The molecule has 1 aromatic rings. The van der Waals surface area contributed by atoms with Gasteiger partial charge in [0.2, 0.25) is 0 Å². The molecule has 6 heteroatoms. The lowest BCUT2D eigenvalue weighted by Crippen LogP contribution is -2.26. The van der Waals surface area contributed by atoms with Crippen LogP contribution in [0.4, 0.5) is 0 Å². The summed E-state index contributed by atoms with van der Waals surface area (Å²) in [5.74, 6) is 0.373. The molecule has 0 aliphatic heterocycles. The molecule has 1 amide bonds. The number of amides is 1. The van der Waals surface area contributed by atoms with Crippen molar-refractivity contribution in [2.75, 3.05) is 18.1 Å². The highest BCUT2D eigenvalue weighted by molar-refractivity contribution is 7.99. The van der Waals surface area contributed by atoms with Crippen molar-refractivity contribution in [1.29, 1.82) is 0 Å². The van der Waals surface area contributed by atoms with Gasteiger partial charge in [0.05, 0.1) is 11.9 Å². The van der Waals surface area contributed by atoms with Gasteiger partial charge in [-0.2, -0.15) is 0 Å². The van der Waals surface area contributed by atoms with Crippen LogP contribution in [0.3, 0.4) is 0 Å². The van der Waals surface area contributed by atoms with E-state index >= 15 is 0 Å². The third-order valence-electron chi connectivity index (χ3n) is 3.46. The van der Waals surface area contributed by atoms with Crippen molar-refractivity contribution in [3.05, 3.63) is 29.8 Å². The highest BCUT2D eigenvalue weighted by atomic mass is 32.2. The second-order valence-corrected chi connectivity index (χ2v) is 6.36. The van der Waals surface area contributed by atoms with Crippen LogP contribution in [0.15, 0.2) is 24.3 Å². The summed E-state index contributed by atoms with van der Waals surface area (Å²) < 4.78 is 5.89. The van der Waals surface area contributed by atoms with Gasteiger partial charge in [0.15, 0.2) is 0 Å². The second kappa shape index (κ2) is 8.68. The summed E-state index contributed by atoms with van der Waals surface area (Å²) in [5.41, 5.74) is 0.568. The molecule has 0 bridgehead atoms. The molecule has 0 spiro atoms. The van der Waals surface area contributed by atoms with Crippen LogP contribution >= 0.6 is 11.8 Å². The van der Waals surface area contributed by atoms with E-state index < -0.39 is 5.97 Å². The average molecular weight is 323 g/mol. The van der Waals surface area contributed by atoms with Gasteiger partial charge >= 0.3 is 5.97 Å². The van der Waals surface area contributed by atoms with Gasteiger partial charge in [-0.3, -0.25) is 9.59 Å². The van der Waals surface area contributed by atoms with E-state index in [-0.39, 0.29) is 17.8 Å². The van der Waals surface area contributed by atoms with Gasteiger partial charge in [-0.05, 0) is 43.9 Å². The van der Waals surface area contributed by atoms with Crippen molar-refractivity contribution in [1.82, 2.24) is 5.32 Å². The quantitative estimate of drug-likeness (QED) is 0.719. The van der Waals surface area contributed by atoms with Crippen LogP contribution in [0.1, 0.15) is 36.0 Å². The van der Waals surface area contributed by atoms with E-state index in [1.165, 1.54) is 24.6 Å². The van der Waals surface area contributed by atoms with E-state index in [4.69, 9.17) is 9.84 Å². The minimum Gasteiger partial charge on any atom is -0.490 e. The maximum absolute atomic E-state index is 12.0.